The molecular formula is C46H50N2O19S5-4. The van der Waals surface area contributed by atoms with Crippen molar-refractivity contribution in [3.05, 3.63) is 95.7 Å². The van der Waals surface area contributed by atoms with E-state index in [1.54, 1.807) is 62.1 Å². The number of ether oxygens (including phenoxy) is 2. The number of benzene rings is 4. The fourth-order valence-corrected chi connectivity index (χ4v) is 12.8. The Bertz CT molecular complexity index is 3550. The van der Waals surface area contributed by atoms with Crippen molar-refractivity contribution < 1.29 is 88.8 Å². The molecule has 1 atom stereocenters. The molecular weight excluding hydrogens is 1040 g/mol. The number of carboxylic acids is 1. The Morgan fingerprint density at radius 2 is 1.26 bits per heavy atom. The second-order valence-corrected chi connectivity index (χ2v) is 24.9. The highest BCUT2D eigenvalue weighted by atomic mass is 32.2. The second kappa shape index (κ2) is 21.1. The van der Waals surface area contributed by atoms with Crippen LogP contribution in [0.1, 0.15) is 70.4 Å². The number of anilines is 1. The van der Waals surface area contributed by atoms with Gasteiger partial charge in [0.1, 0.15) is 47.0 Å². The molecule has 4 aromatic rings. The van der Waals surface area contributed by atoms with Crippen molar-refractivity contribution >= 4 is 95.2 Å². The quantitative estimate of drug-likeness (QED) is 0.0465. The summed E-state index contributed by atoms with van der Waals surface area (Å²) in [5.41, 5.74) is -0.0280. The summed E-state index contributed by atoms with van der Waals surface area (Å²) < 4.78 is 198. The lowest BCUT2D eigenvalue weighted by molar-refractivity contribution is -0.438. The van der Waals surface area contributed by atoms with Gasteiger partial charge in [-0.2, -0.15) is 4.58 Å². The predicted molar refractivity (Wildman–Crippen MR) is 256 cm³/mol. The van der Waals surface area contributed by atoms with E-state index in [1.807, 2.05) is 4.58 Å². The van der Waals surface area contributed by atoms with E-state index in [0.717, 1.165) is 12.1 Å². The number of fused-ring (bicyclic) bond motifs is 6. The molecule has 0 radical (unpaired) electrons. The van der Waals surface area contributed by atoms with E-state index in [-0.39, 0.29) is 79.3 Å². The summed E-state index contributed by atoms with van der Waals surface area (Å²) >= 11 is 0. The lowest BCUT2D eigenvalue weighted by Gasteiger charge is -2.31. The predicted octanol–water partition coefficient (Wildman–Crippen LogP) is 4.39. The lowest BCUT2D eigenvalue weighted by Crippen LogP contribution is -2.31. The van der Waals surface area contributed by atoms with E-state index in [1.165, 1.54) is 25.3 Å². The number of carboxylic acid groups (broad SMARTS) is 1. The average molecular weight is 1100 g/mol. The summed E-state index contributed by atoms with van der Waals surface area (Å²) in [6.45, 7) is 6.02. The summed E-state index contributed by atoms with van der Waals surface area (Å²) in [7, 11) is -24.6. The van der Waals surface area contributed by atoms with E-state index in [0.29, 0.717) is 59.7 Å². The zero-order valence-electron chi connectivity index (χ0n) is 39.2. The molecule has 0 bridgehead atoms. The topological polar surface area (TPSA) is 348 Å². The van der Waals surface area contributed by atoms with Gasteiger partial charge in [-0.1, -0.05) is 24.3 Å². The number of methoxy groups -OCH3 is 1. The molecule has 2 aliphatic heterocycles. The maximum atomic E-state index is 12.6. The van der Waals surface area contributed by atoms with Gasteiger partial charge >= 0.3 is 5.97 Å². The van der Waals surface area contributed by atoms with Crippen LogP contribution in [-0.2, 0) is 75.7 Å². The summed E-state index contributed by atoms with van der Waals surface area (Å²) in [5.74, 6) is -1.80. The zero-order valence-corrected chi connectivity index (χ0v) is 43.3. The molecule has 1 N–H and O–H groups in total. The van der Waals surface area contributed by atoms with Crippen LogP contribution >= 0.6 is 0 Å². The van der Waals surface area contributed by atoms with Gasteiger partial charge in [0.2, 0.25) is 5.69 Å². The molecule has 392 valence electrons. The van der Waals surface area contributed by atoms with Gasteiger partial charge in [0.05, 0.1) is 54.9 Å². The van der Waals surface area contributed by atoms with Crippen molar-refractivity contribution in [3.63, 3.8) is 0 Å². The molecule has 0 spiro atoms. The number of allylic oxidation sites excluding steroid dienone is 6. The average Bonchev–Trinajstić information content (AvgIpc) is 3.62. The Balaban J connectivity index is 1.53. The van der Waals surface area contributed by atoms with Gasteiger partial charge in [0.25, 0.3) is 0 Å². The SMILES string of the molecule is COCCOCCN1/C(=C/C=C/C=C/C2=[N+](CCCCCC(=O)O)c3ccc4c(S(=O)(=O)[O-])cc(S(=O)(=O)[O-])cc4c3C2(C)C)C(C)(CCCS(=O)(=O)[O-])c2c1ccc1c(S(=O)(=O)[O-])cc(S(=O)(=O)[O-])cc21. The molecule has 0 saturated heterocycles. The second-order valence-electron chi connectivity index (χ2n) is 17.9. The number of nitrogens with zero attached hydrogens (tertiary/aromatic N) is 2. The minimum Gasteiger partial charge on any atom is -0.748 e. The highest BCUT2D eigenvalue weighted by Gasteiger charge is 2.47. The lowest BCUT2D eigenvalue weighted by atomic mass is 9.75. The van der Waals surface area contributed by atoms with Crippen LogP contribution in [0.25, 0.3) is 21.5 Å². The standard InChI is InChI=1S/C46H54N2O19S5/c1-45(2)40(47(20-10-6-9-14-42(49)50)36-17-15-32-34(43(36)45)26-30(69(54,55)56)28-38(32)71(60,61)62)12-7-5-8-13-41-46(3,19-11-25-68(51,52)53)44-35-27-31(70(57,58)59)29-39(72(63,64)65)33(35)16-18-37(44)48(41)21-22-67-24-23-66-4/h5,7-8,12-13,15-18,26-29H,6,9-11,14,19-25H2,1-4H3,(H5-,49,50,51,52,53,54,55,56,57,58,59,60,61,62,63,64,65)/p-4. The Kier molecular flexibility index (Phi) is 16.5. The van der Waals surface area contributed by atoms with Crippen molar-refractivity contribution in [2.75, 3.05) is 50.7 Å². The fraction of sp³-hybridized carbons (Fsp3) is 0.391. The van der Waals surface area contributed by atoms with Crippen molar-refractivity contribution in [2.24, 2.45) is 0 Å². The van der Waals surface area contributed by atoms with E-state index < -0.39 is 92.7 Å². The first-order valence-electron chi connectivity index (χ1n) is 22.1. The third-order valence-electron chi connectivity index (χ3n) is 12.7. The van der Waals surface area contributed by atoms with E-state index in [9.17, 15) is 74.8 Å². The molecule has 21 nitrogen and oxygen atoms in total. The number of rotatable bonds is 23. The summed E-state index contributed by atoms with van der Waals surface area (Å²) in [5, 5.41) is 8.77. The highest BCUT2D eigenvalue weighted by Crippen LogP contribution is 2.54. The maximum absolute atomic E-state index is 12.6. The monoisotopic (exact) mass is 1090 g/mol. The molecule has 4 aromatic carbocycles. The van der Waals surface area contributed by atoms with Crippen LogP contribution in [0.15, 0.2) is 104 Å². The Morgan fingerprint density at radius 1 is 0.681 bits per heavy atom. The van der Waals surface area contributed by atoms with Gasteiger partial charge in [0, 0.05) is 72.1 Å². The molecule has 1 unspecified atom stereocenters. The van der Waals surface area contributed by atoms with Crippen LogP contribution in [-0.4, -0.2) is 132 Å². The van der Waals surface area contributed by atoms with Gasteiger partial charge in [0.15, 0.2) is 5.71 Å². The normalized spacial score (nSPS) is 18.1. The Morgan fingerprint density at radius 3 is 1.81 bits per heavy atom. The van der Waals surface area contributed by atoms with E-state index >= 15 is 0 Å². The van der Waals surface area contributed by atoms with Crippen LogP contribution in [0, 0.1) is 0 Å². The van der Waals surface area contributed by atoms with Crippen LogP contribution < -0.4 is 4.90 Å². The molecule has 0 aliphatic carbocycles. The fourth-order valence-electron chi connectivity index (χ4n) is 9.66. The minimum atomic E-state index is -5.40. The molecule has 72 heavy (non-hydrogen) atoms. The van der Waals surface area contributed by atoms with Crippen LogP contribution in [0.3, 0.4) is 0 Å². The number of hydrogen-bond donors (Lipinski definition) is 1. The number of aliphatic carboxylic acids is 1. The molecule has 0 amide bonds. The minimum absolute atomic E-state index is 0.0204. The van der Waals surface area contributed by atoms with Crippen LogP contribution in [0.5, 0.6) is 0 Å². The smallest absolute Gasteiger partial charge is 0.303 e. The molecule has 0 saturated carbocycles. The first kappa shape index (κ1) is 56.3. The van der Waals surface area contributed by atoms with Gasteiger partial charge in [-0.15, -0.1) is 0 Å². The summed E-state index contributed by atoms with van der Waals surface area (Å²) in [6, 6.07) is 8.67. The molecule has 2 heterocycles. The van der Waals surface area contributed by atoms with Crippen LogP contribution in [0.4, 0.5) is 11.4 Å². The molecule has 0 fully saturated rings. The van der Waals surface area contributed by atoms with Gasteiger partial charge in [-0.3, -0.25) is 4.79 Å². The first-order valence-corrected chi connectivity index (χ1v) is 29.3. The van der Waals surface area contributed by atoms with Crippen molar-refractivity contribution in [1.29, 1.82) is 0 Å². The molecule has 6 rings (SSSR count). The summed E-state index contributed by atoms with van der Waals surface area (Å²) in [6.07, 6.45) is 9.05. The van der Waals surface area contributed by atoms with Crippen molar-refractivity contribution in [3.8, 4) is 0 Å². The van der Waals surface area contributed by atoms with Crippen LogP contribution in [0.2, 0.25) is 0 Å². The maximum Gasteiger partial charge on any atom is 0.303 e. The van der Waals surface area contributed by atoms with Gasteiger partial charge in [-0.25, -0.2) is 42.1 Å². The molecule has 26 heteroatoms. The third-order valence-corrected chi connectivity index (χ3v) is 16.9. The van der Waals surface area contributed by atoms with E-state index in [2.05, 4.69) is 0 Å². The van der Waals surface area contributed by atoms with E-state index in [4.69, 9.17) is 9.47 Å². The van der Waals surface area contributed by atoms with Gasteiger partial charge in [-0.05, 0) is 111 Å². The summed E-state index contributed by atoms with van der Waals surface area (Å²) in [4.78, 5) is 9.16. The molecule has 2 aliphatic rings. The van der Waals surface area contributed by atoms with Gasteiger partial charge < -0.3 is 42.2 Å². The van der Waals surface area contributed by atoms with Crippen molar-refractivity contribution in [1.82, 2.24) is 0 Å². The third kappa shape index (κ3) is 12.2. The largest absolute Gasteiger partial charge is 0.748 e. The highest BCUT2D eigenvalue weighted by molar-refractivity contribution is 7.87. The zero-order chi connectivity index (χ0) is 53.4. The number of carbonyl (C=O) groups is 1. The first-order chi connectivity index (χ1) is 33.3. The number of unbranched alkanes of at least 4 members (excludes halogenated alkanes) is 2. The number of hydrogen-bond acceptors (Lipinski definition) is 19. The Labute approximate surface area is 417 Å². The van der Waals surface area contributed by atoms with Crippen molar-refractivity contribution in [2.45, 2.75) is 89.7 Å². The Hall–Kier alpha value is -4.97. The molecule has 0 aromatic heterocycles.